The molecule has 1 aliphatic rings. The van der Waals surface area contributed by atoms with E-state index in [1.807, 2.05) is 0 Å². The summed E-state index contributed by atoms with van der Waals surface area (Å²) < 4.78 is 44.5. The molecule has 4 rings (SSSR count). The molecule has 0 atom stereocenters. The van der Waals surface area contributed by atoms with E-state index in [4.69, 9.17) is 0 Å². The molecule has 170 valence electrons. The van der Waals surface area contributed by atoms with Crippen LogP contribution in [0.1, 0.15) is 25.7 Å². The van der Waals surface area contributed by atoms with Gasteiger partial charge in [-0.15, -0.1) is 11.3 Å². The molecule has 11 heteroatoms. The Morgan fingerprint density at radius 1 is 1.28 bits per heavy atom. The van der Waals surface area contributed by atoms with E-state index in [-0.39, 0.29) is 11.7 Å². The van der Waals surface area contributed by atoms with E-state index >= 15 is 0 Å². The number of benzene rings is 1. The molecular formula is C21H20F3N3O4S. The van der Waals surface area contributed by atoms with Crippen molar-refractivity contribution in [3.63, 3.8) is 0 Å². The van der Waals surface area contributed by atoms with Crippen LogP contribution in [0.15, 0.2) is 34.7 Å². The van der Waals surface area contributed by atoms with Gasteiger partial charge in [-0.1, -0.05) is 6.07 Å². The smallest absolute Gasteiger partial charge is 0.412 e. The van der Waals surface area contributed by atoms with E-state index < -0.39 is 29.6 Å². The summed E-state index contributed by atoms with van der Waals surface area (Å²) in [7, 11) is 1.41. The first-order valence-electron chi connectivity index (χ1n) is 9.94. The van der Waals surface area contributed by atoms with Gasteiger partial charge in [0.25, 0.3) is 5.56 Å². The van der Waals surface area contributed by atoms with Gasteiger partial charge in [-0.25, -0.2) is 4.79 Å². The summed E-state index contributed by atoms with van der Waals surface area (Å²) in [6, 6.07) is 5.01. The third-order valence-corrected chi connectivity index (χ3v) is 6.36. The van der Waals surface area contributed by atoms with Gasteiger partial charge in [0.2, 0.25) is 5.75 Å². The molecule has 2 N–H and O–H groups in total. The second kappa shape index (κ2) is 8.55. The molecule has 0 amide bonds. The quantitative estimate of drug-likeness (QED) is 0.567. The Hall–Kier alpha value is -2.92. The highest BCUT2D eigenvalue weighted by Gasteiger charge is 2.42. The second-order valence-electron chi connectivity index (χ2n) is 7.70. The maximum atomic E-state index is 12.9. The van der Waals surface area contributed by atoms with Gasteiger partial charge >= 0.3 is 12.1 Å². The second-order valence-corrected chi connectivity index (χ2v) is 8.59. The Bertz CT molecular complexity index is 1200. The molecule has 0 unspecified atom stereocenters. The lowest BCUT2D eigenvalue weighted by Crippen LogP contribution is -2.33. The van der Waals surface area contributed by atoms with Crippen LogP contribution in [0.3, 0.4) is 0 Å². The SMILES string of the molecule is Cn1c(=O)c(OC(=O)C(F)(F)F)c(NC2CCC(O)CC2)c2cc(-c3cncs3)ccc21. The molecule has 0 spiro atoms. The number of anilines is 1. The number of aliphatic hydroxyl groups excluding tert-OH is 1. The summed E-state index contributed by atoms with van der Waals surface area (Å²) in [5, 5.41) is 13.3. The predicted molar refractivity (Wildman–Crippen MR) is 114 cm³/mol. The number of fused-ring (bicyclic) bond motifs is 1. The molecule has 2 heterocycles. The number of ether oxygens (including phenoxy) is 1. The summed E-state index contributed by atoms with van der Waals surface area (Å²) in [6.07, 6.45) is -1.88. The van der Waals surface area contributed by atoms with Crippen molar-refractivity contribution < 1.29 is 27.8 Å². The van der Waals surface area contributed by atoms with E-state index in [0.717, 1.165) is 15.0 Å². The van der Waals surface area contributed by atoms with E-state index in [0.29, 0.717) is 36.6 Å². The number of pyridine rings is 1. The molecule has 1 aromatic carbocycles. The molecular weight excluding hydrogens is 447 g/mol. The number of nitrogens with one attached hydrogen (secondary N) is 1. The minimum absolute atomic E-state index is 0.0356. The maximum absolute atomic E-state index is 12.9. The highest BCUT2D eigenvalue weighted by Crippen LogP contribution is 2.37. The highest BCUT2D eigenvalue weighted by molar-refractivity contribution is 7.13. The molecule has 7 nitrogen and oxygen atoms in total. The van der Waals surface area contributed by atoms with Crippen molar-refractivity contribution in [1.82, 2.24) is 9.55 Å². The van der Waals surface area contributed by atoms with Crippen molar-refractivity contribution in [2.45, 2.75) is 44.0 Å². The van der Waals surface area contributed by atoms with E-state index in [1.165, 1.54) is 18.4 Å². The summed E-state index contributed by atoms with van der Waals surface area (Å²) in [4.78, 5) is 29.4. The molecule has 1 fully saturated rings. The van der Waals surface area contributed by atoms with Crippen molar-refractivity contribution in [2.24, 2.45) is 7.05 Å². The van der Waals surface area contributed by atoms with Gasteiger partial charge in [-0.3, -0.25) is 9.78 Å². The van der Waals surface area contributed by atoms with Gasteiger partial charge in [0.1, 0.15) is 0 Å². The number of aryl methyl sites for hydroxylation is 1. The van der Waals surface area contributed by atoms with Crippen molar-refractivity contribution in [3.8, 4) is 16.2 Å². The van der Waals surface area contributed by atoms with E-state index in [1.54, 1.807) is 29.9 Å². The van der Waals surface area contributed by atoms with Gasteiger partial charge in [0.05, 0.1) is 27.7 Å². The average Bonchev–Trinajstić information content (AvgIpc) is 3.29. The van der Waals surface area contributed by atoms with E-state index in [2.05, 4.69) is 15.0 Å². The van der Waals surface area contributed by atoms with Crippen molar-refractivity contribution in [3.05, 3.63) is 40.3 Å². The highest BCUT2D eigenvalue weighted by atomic mass is 32.1. The lowest BCUT2D eigenvalue weighted by molar-refractivity contribution is -0.189. The molecule has 0 bridgehead atoms. The van der Waals surface area contributed by atoms with Gasteiger partial charge in [-0.05, 0) is 43.4 Å². The third kappa shape index (κ3) is 4.35. The Morgan fingerprint density at radius 3 is 2.62 bits per heavy atom. The molecule has 0 aliphatic heterocycles. The van der Waals surface area contributed by atoms with Gasteiger partial charge in [0.15, 0.2) is 0 Å². The summed E-state index contributed by atoms with van der Waals surface area (Å²) in [6.45, 7) is 0. The van der Waals surface area contributed by atoms with Crippen LogP contribution >= 0.6 is 11.3 Å². The lowest BCUT2D eigenvalue weighted by Gasteiger charge is -2.28. The number of carbonyl (C=O) groups is 1. The normalized spacial score (nSPS) is 19.2. The molecule has 32 heavy (non-hydrogen) atoms. The zero-order valence-electron chi connectivity index (χ0n) is 17.0. The third-order valence-electron chi connectivity index (χ3n) is 5.54. The van der Waals surface area contributed by atoms with Crippen molar-refractivity contribution in [1.29, 1.82) is 0 Å². The number of hydrogen-bond acceptors (Lipinski definition) is 7. The van der Waals surface area contributed by atoms with Crippen molar-refractivity contribution in [2.75, 3.05) is 5.32 Å². The average molecular weight is 467 g/mol. The minimum atomic E-state index is -5.25. The van der Waals surface area contributed by atoms with Gasteiger partial charge in [0, 0.05) is 24.7 Å². The number of thiazole rings is 1. The maximum Gasteiger partial charge on any atom is 0.491 e. The largest absolute Gasteiger partial charge is 0.491 e. The molecule has 0 radical (unpaired) electrons. The molecule has 0 saturated heterocycles. The standard InChI is InChI=1S/C21H20F3N3O4S/c1-27-15-7-2-11(16-9-25-10-32-16)8-14(15)17(26-12-3-5-13(28)6-4-12)18(19(27)29)31-20(30)21(22,23)24/h2,7-10,12-13,26,28H,3-6H2,1H3. The fraction of sp³-hybridized carbons (Fsp3) is 0.381. The van der Waals surface area contributed by atoms with Gasteiger partial charge < -0.3 is 19.7 Å². The zero-order valence-corrected chi connectivity index (χ0v) is 17.8. The topological polar surface area (TPSA) is 93.5 Å². The number of rotatable bonds is 4. The minimum Gasteiger partial charge on any atom is -0.412 e. The fourth-order valence-corrected chi connectivity index (χ4v) is 4.46. The number of halogens is 3. The van der Waals surface area contributed by atoms with Crippen LogP contribution < -0.4 is 15.6 Å². The number of carbonyl (C=O) groups excluding carboxylic acids is 1. The van der Waals surface area contributed by atoms with Crippen LogP contribution in [-0.4, -0.2) is 38.9 Å². The number of nitrogens with zero attached hydrogens (tertiary/aromatic N) is 2. The van der Waals surface area contributed by atoms with Crippen molar-refractivity contribution >= 4 is 33.9 Å². The summed E-state index contributed by atoms with van der Waals surface area (Å²) in [5.41, 5.74) is 2.05. The number of aliphatic hydroxyl groups is 1. The Morgan fingerprint density at radius 2 is 2.00 bits per heavy atom. The van der Waals surface area contributed by atoms with Crippen LogP contribution in [0.4, 0.5) is 18.9 Å². The van der Waals surface area contributed by atoms with E-state index in [9.17, 15) is 27.9 Å². The van der Waals surface area contributed by atoms with Crippen LogP contribution in [0, 0.1) is 0 Å². The molecule has 1 aliphatic carbocycles. The summed E-state index contributed by atoms with van der Waals surface area (Å²) in [5.74, 6) is -3.16. The molecule has 3 aromatic rings. The first-order chi connectivity index (χ1) is 15.1. The zero-order chi connectivity index (χ0) is 23.0. The van der Waals surface area contributed by atoms with Crippen LogP contribution in [0.5, 0.6) is 5.75 Å². The lowest BCUT2D eigenvalue weighted by atomic mass is 9.92. The predicted octanol–water partition coefficient (Wildman–Crippen LogP) is 3.85. The Kier molecular flexibility index (Phi) is 5.95. The Labute approximate surface area is 184 Å². The fourth-order valence-electron chi connectivity index (χ4n) is 3.84. The first kappa shape index (κ1) is 22.3. The van der Waals surface area contributed by atoms with Crippen LogP contribution in [-0.2, 0) is 11.8 Å². The molecule has 2 aromatic heterocycles. The van der Waals surface area contributed by atoms with Crippen LogP contribution in [0.2, 0.25) is 0 Å². The number of alkyl halides is 3. The summed E-state index contributed by atoms with van der Waals surface area (Å²) >= 11 is 1.39. The number of aromatic nitrogens is 2. The Balaban J connectivity index is 1.89. The van der Waals surface area contributed by atoms with Crippen LogP contribution in [0.25, 0.3) is 21.3 Å². The van der Waals surface area contributed by atoms with Gasteiger partial charge in [-0.2, -0.15) is 13.2 Å². The molecule has 1 saturated carbocycles. The first-order valence-corrected chi connectivity index (χ1v) is 10.8. The number of hydrogen-bond donors (Lipinski definition) is 2. The monoisotopic (exact) mass is 467 g/mol. The number of esters is 1.